The van der Waals surface area contributed by atoms with Crippen LogP contribution in [0.1, 0.15) is 28.7 Å². The Balaban J connectivity index is 2.03. The number of carbonyl (C=O) groups excluding carboxylic acids is 2. The van der Waals surface area contributed by atoms with Crippen molar-refractivity contribution in [3.8, 4) is 0 Å². The zero-order valence-corrected chi connectivity index (χ0v) is 12.9. The third-order valence-corrected chi connectivity index (χ3v) is 5.29. The number of nitrogens with one attached hydrogen (secondary N) is 1. The number of halogens is 1. The first-order valence-corrected chi connectivity index (χ1v) is 7.95. The van der Waals surface area contributed by atoms with E-state index >= 15 is 0 Å². The van der Waals surface area contributed by atoms with Crippen LogP contribution in [0.15, 0.2) is 46.3 Å². The number of hydrogen-bond acceptors (Lipinski definition) is 3. The minimum atomic E-state index is -0.306. The lowest BCUT2D eigenvalue weighted by atomic mass is 9.80. The van der Waals surface area contributed by atoms with Crippen molar-refractivity contribution in [2.24, 2.45) is 0 Å². The fraction of sp³-hybridized carbons (Fsp3) is 0.200. The van der Waals surface area contributed by atoms with Crippen molar-refractivity contribution in [3.63, 3.8) is 0 Å². The molecule has 2 heterocycles. The molecule has 20 heavy (non-hydrogen) atoms. The van der Waals surface area contributed by atoms with E-state index < -0.39 is 0 Å². The topological polar surface area (TPSA) is 46.2 Å². The fourth-order valence-corrected chi connectivity index (χ4v) is 4.18. The van der Waals surface area contributed by atoms with Gasteiger partial charge in [-0.15, -0.1) is 11.3 Å². The summed E-state index contributed by atoms with van der Waals surface area (Å²) in [5.41, 5.74) is 0.951. The molecule has 5 heteroatoms. The van der Waals surface area contributed by atoms with E-state index in [-0.39, 0.29) is 23.7 Å². The Hall–Kier alpha value is -1.46. The van der Waals surface area contributed by atoms with Crippen molar-refractivity contribution in [3.05, 3.63) is 56.7 Å². The smallest absolute Gasteiger partial charge is 0.234 e. The average molecular weight is 350 g/mol. The molecule has 2 aromatic rings. The Morgan fingerprint density at radius 2 is 1.95 bits per heavy atom. The molecule has 1 aromatic carbocycles. The summed E-state index contributed by atoms with van der Waals surface area (Å²) in [6.07, 6.45) is 0.345. The molecule has 1 N–H and O–H groups in total. The first-order chi connectivity index (χ1) is 9.65. The molecule has 3 nitrogen and oxygen atoms in total. The van der Waals surface area contributed by atoms with Crippen LogP contribution in [0.5, 0.6) is 0 Å². The standard InChI is InChI=1S/C15H12BrNO2S/c16-10-6-12(20-8-10)11-7-13(18)17-15(19)14(11)9-4-2-1-3-5-9/h1-6,8,11,14H,7H2,(H,17,18,19). The van der Waals surface area contributed by atoms with Gasteiger partial charge < -0.3 is 0 Å². The number of benzene rings is 1. The quantitative estimate of drug-likeness (QED) is 0.844. The summed E-state index contributed by atoms with van der Waals surface area (Å²) < 4.78 is 0.989. The Morgan fingerprint density at radius 3 is 2.60 bits per heavy atom. The van der Waals surface area contributed by atoms with Gasteiger partial charge in [0.05, 0.1) is 5.92 Å². The van der Waals surface area contributed by atoms with E-state index in [0.717, 1.165) is 14.9 Å². The van der Waals surface area contributed by atoms with Crippen LogP contribution < -0.4 is 5.32 Å². The maximum absolute atomic E-state index is 12.3. The number of amides is 2. The van der Waals surface area contributed by atoms with Crippen LogP contribution in [0.3, 0.4) is 0 Å². The van der Waals surface area contributed by atoms with Crippen molar-refractivity contribution in [2.45, 2.75) is 18.3 Å². The number of thiophene rings is 1. The van der Waals surface area contributed by atoms with E-state index in [1.165, 1.54) is 0 Å². The lowest BCUT2D eigenvalue weighted by Gasteiger charge is -2.29. The molecule has 0 spiro atoms. The van der Waals surface area contributed by atoms with E-state index in [1.807, 2.05) is 41.8 Å². The molecule has 2 unspecified atom stereocenters. The van der Waals surface area contributed by atoms with Gasteiger partial charge in [0.25, 0.3) is 0 Å². The van der Waals surface area contributed by atoms with Crippen LogP contribution in [0.25, 0.3) is 0 Å². The number of piperidine rings is 1. The molecular formula is C15H12BrNO2S. The van der Waals surface area contributed by atoms with E-state index in [1.54, 1.807) is 11.3 Å². The van der Waals surface area contributed by atoms with E-state index in [0.29, 0.717) is 6.42 Å². The molecule has 102 valence electrons. The van der Waals surface area contributed by atoms with Crippen LogP contribution in [0, 0.1) is 0 Å². The zero-order chi connectivity index (χ0) is 14.1. The molecule has 2 amide bonds. The van der Waals surface area contributed by atoms with Crippen LogP contribution >= 0.6 is 27.3 Å². The molecule has 0 bridgehead atoms. The van der Waals surface area contributed by atoms with Gasteiger partial charge >= 0.3 is 0 Å². The van der Waals surface area contributed by atoms with Gasteiger partial charge in [0.15, 0.2) is 0 Å². The Labute approximate surface area is 129 Å². The number of hydrogen-bond donors (Lipinski definition) is 1. The SMILES string of the molecule is O=C1CC(c2cc(Br)cs2)C(c2ccccc2)C(=O)N1. The molecule has 1 saturated heterocycles. The second-order valence-corrected chi connectivity index (χ2v) is 6.64. The number of imide groups is 1. The Morgan fingerprint density at radius 1 is 1.20 bits per heavy atom. The second-order valence-electron chi connectivity index (χ2n) is 4.78. The van der Waals surface area contributed by atoms with Crippen molar-refractivity contribution >= 4 is 39.1 Å². The average Bonchev–Trinajstić information content (AvgIpc) is 2.85. The van der Waals surface area contributed by atoms with Crippen molar-refractivity contribution in [1.82, 2.24) is 5.32 Å². The Kier molecular flexibility index (Phi) is 3.72. The fourth-order valence-electron chi connectivity index (χ4n) is 2.60. The highest BCUT2D eigenvalue weighted by Gasteiger charge is 2.38. The van der Waals surface area contributed by atoms with Gasteiger partial charge in [-0.05, 0) is 27.6 Å². The number of rotatable bonds is 2. The summed E-state index contributed by atoms with van der Waals surface area (Å²) in [5.74, 6) is -0.798. The highest BCUT2D eigenvalue weighted by atomic mass is 79.9. The molecule has 1 fully saturated rings. The zero-order valence-electron chi connectivity index (χ0n) is 10.5. The van der Waals surface area contributed by atoms with E-state index in [2.05, 4.69) is 21.2 Å². The minimum absolute atomic E-state index is 0.0880. The van der Waals surface area contributed by atoms with E-state index in [9.17, 15) is 9.59 Å². The normalized spacial score (nSPS) is 22.6. The predicted molar refractivity (Wildman–Crippen MR) is 81.7 cm³/mol. The van der Waals surface area contributed by atoms with E-state index in [4.69, 9.17) is 0 Å². The lowest BCUT2D eigenvalue weighted by molar-refractivity contribution is -0.135. The van der Waals surface area contributed by atoms with Gasteiger partial charge in [-0.1, -0.05) is 30.3 Å². The Bertz CT molecular complexity index is 653. The second kappa shape index (κ2) is 5.50. The third kappa shape index (κ3) is 2.55. The number of carbonyl (C=O) groups is 2. The third-order valence-electron chi connectivity index (χ3n) is 3.46. The molecule has 0 aliphatic carbocycles. The summed E-state index contributed by atoms with van der Waals surface area (Å²) in [5, 5.41) is 4.43. The maximum Gasteiger partial charge on any atom is 0.234 e. The van der Waals surface area contributed by atoms with Gasteiger partial charge in [-0.25, -0.2) is 0 Å². The van der Waals surface area contributed by atoms with Gasteiger partial charge in [-0.2, -0.15) is 0 Å². The molecule has 0 saturated carbocycles. The molecule has 1 aliphatic rings. The van der Waals surface area contributed by atoms with Crippen LogP contribution in [-0.2, 0) is 9.59 Å². The maximum atomic E-state index is 12.3. The minimum Gasteiger partial charge on any atom is -0.296 e. The van der Waals surface area contributed by atoms with Gasteiger partial charge in [0, 0.05) is 27.1 Å². The largest absolute Gasteiger partial charge is 0.296 e. The summed E-state index contributed by atoms with van der Waals surface area (Å²) in [6.45, 7) is 0. The van der Waals surface area contributed by atoms with Crippen molar-refractivity contribution in [1.29, 1.82) is 0 Å². The first kappa shape index (κ1) is 13.5. The first-order valence-electron chi connectivity index (χ1n) is 6.27. The molecule has 1 aliphatic heterocycles. The van der Waals surface area contributed by atoms with Crippen LogP contribution in [-0.4, -0.2) is 11.8 Å². The van der Waals surface area contributed by atoms with Gasteiger partial charge in [0.1, 0.15) is 0 Å². The predicted octanol–water partition coefficient (Wildman–Crippen LogP) is 3.42. The molecular weight excluding hydrogens is 338 g/mol. The molecule has 3 rings (SSSR count). The van der Waals surface area contributed by atoms with Crippen molar-refractivity contribution in [2.75, 3.05) is 0 Å². The monoisotopic (exact) mass is 349 g/mol. The summed E-state index contributed by atoms with van der Waals surface area (Å²) in [6, 6.07) is 11.6. The summed E-state index contributed by atoms with van der Waals surface area (Å²) in [4.78, 5) is 25.0. The highest BCUT2D eigenvalue weighted by molar-refractivity contribution is 9.10. The highest BCUT2D eigenvalue weighted by Crippen LogP contribution is 2.41. The van der Waals surface area contributed by atoms with Crippen molar-refractivity contribution < 1.29 is 9.59 Å². The van der Waals surface area contributed by atoms with Crippen LogP contribution in [0.4, 0.5) is 0 Å². The summed E-state index contributed by atoms with van der Waals surface area (Å²) >= 11 is 5.01. The van der Waals surface area contributed by atoms with Gasteiger partial charge in [0.2, 0.25) is 11.8 Å². The molecule has 1 aromatic heterocycles. The summed E-state index contributed by atoms with van der Waals surface area (Å²) in [7, 11) is 0. The lowest BCUT2D eigenvalue weighted by Crippen LogP contribution is -2.43. The molecule has 2 atom stereocenters. The molecule has 0 radical (unpaired) electrons. The van der Waals surface area contributed by atoms with Crippen LogP contribution in [0.2, 0.25) is 0 Å². The van der Waals surface area contributed by atoms with Gasteiger partial charge in [-0.3, -0.25) is 14.9 Å².